The van der Waals surface area contributed by atoms with E-state index >= 15 is 0 Å². The summed E-state index contributed by atoms with van der Waals surface area (Å²) in [6.45, 7) is 1.83. The van der Waals surface area contributed by atoms with Crippen molar-refractivity contribution in [2.45, 2.75) is 44.6 Å². The monoisotopic (exact) mass is 366 g/mol. The molecule has 2 aromatic rings. The molecule has 3 heterocycles. The van der Waals surface area contributed by atoms with Gasteiger partial charge in [-0.05, 0) is 18.4 Å². The van der Waals surface area contributed by atoms with Crippen LogP contribution >= 0.6 is 0 Å². The molecule has 6 heteroatoms. The lowest BCUT2D eigenvalue weighted by molar-refractivity contribution is -0.139. The van der Waals surface area contributed by atoms with Gasteiger partial charge in [-0.3, -0.25) is 9.78 Å². The van der Waals surface area contributed by atoms with Gasteiger partial charge in [-0.1, -0.05) is 31.7 Å². The Labute approximate surface area is 160 Å². The number of nitrogens with zero attached hydrogens (tertiary/aromatic N) is 4. The average Bonchev–Trinajstić information content (AvgIpc) is 3.27. The van der Waals surface area contributed by atoms with Crippen LogP contribution in [0.2, 0.25) is 0 Å². The standard InChI is InChI=1S/C21H26N4O2/c26-21(8-5-16-3-1-2-4-16)25-9-10-27-20(14-25)19-7-6-17(13-24-19)18-11-22-15-23-12-18/h6-7,11-13,15-16,20H,1-5,8-10,14H2. The van der Waals surface area contributed by atoms with Crippen LogP contribution in [0, 0.1) is 5.92 Å². The fourth-order valence-electron chi connectivity index (χ4n) is 4.05. The van der Waals surface area contributed by atoms with Crippen LogP contribution in [0.15, 0.2) is 37.1 Å². The van der Waals surface area contributed by atoms with Crippen LogP contribution in [0.3, 0.4) is 0 Å². The van der Waals surface area contributed by atoms with Gasteiger partial charge in [0.15, 0.2) is 0 Å². The highest BCUT2D eigenvalue weighted by molar-refractivity contribution is 5.76. The molecule has 27 heavy (non-hydrogen) atoms. The Balaban J connectivity index is 1.35. The van der Waals surface area contributed by atoms with Gasteiger partial charge in [-0.15, -0.1) is 0 Å². The molecule has 0 N–H and O–H groups in total. The molecule has 1 saturated heterocycles. The number of amides is 1. The number of hydrogen-bond acceptors (Lipinski definition) is 5. The molecule has 1 unspecified atom stereocenters. The summed E-state index contributed by atoms with van der Waals surface area (Å²) in [5.74, 6) is 1.01. The van der Waals surface area contributed by atoms with Crippen molar-refractivity contribution < 1.29 is 9.53 Å². The zero-order valence-corrected chi connectivity index (χ0v) is 15.6. The quantitative estimate of drug-likeness (QED) is 0.811. The molecule has 1 saturated carbocycles. The molecule has 6 nitrogen and oxygen atoms in total. The molecule has 0 bridgehead atoms. The molecular formula is C21H26N4O2. The van der Waals surface area contributed by atoms with Gasteiger partial charge in [-0.2, -0.15) is 0 Å². The highest BCUT2D eigenvalue weighted by Gasteiger charge is 2.27. The van der Waals surface area contributed by atoms with Gasteiger partial charge >= 0.3 is 0 Å². The summed E-state index contributed by atoms with van der Waals surface area (Å²) in [6, 6.07) is 3.98. The molecule has 142 valence electrons. The van der Waals surface area contributed by atoms with E-state index in [4.69, 9.17) is 4.74 Å². The van der Waals surface area contributed by atoms with Crippen LogP contribution in [0.25, 0.3) is 11.1 Å². The summed E-state index contributed by atoms with van der Waals surface area (Å²) in [4.78, 5) is 27.2. The maximum Gasteiger partial charge on any atom is 0.222 e. The molecule has 4 rings (SSSR count). The molecule has 1 aliphatic heterocycles. The maximum absolute atomic E-state index is 12.6. The number of aromatic nitrogens is 3. The van der Waals surface area contributed by atoms with Crippen LogP contribution in [0.5, 0.6) is 0 Å². The molecule has 0 radical (unpaired) electrons. The molecule has 1 aliphatic carbocycles. The minimum atomic E-state index is -0.157. The SMILES string of the molecule is O=C(CCC1CCCC1)N1CCOC(c2ccc(-c3cncnc3)cn2)C1. The van der Waals surface area contributed by atoms with Gasteiger partial charge < -0.3 is 9.64 Å². The number of rotatable bonds is 5. The molecule has 0 aromatic carbocycles. The van der Waals surface area contributed by atoms with Crippen molar-refractivity contribution in [2.24, 2.45) is 5.92 Å². The first-order valence-electron chi connectivity index (χ1n) is 9.90. The highest BCUT2D eigenvalue weighted by atomic mass is 16.5. The third-order valence-corrected chi connectivity index (χ3v) is 5.67. The van der Waals surface area contributed by atoms with Gasteiger partial charge in [0.25, 0.3) is 0 Å². The summed E-state index contributed by atoms with van der Waals surface area (Å²) < 4.78 is 5.89. The van der Waals surface area contributed by atoms with Crippen molar-refractivity contribution in [3.05, 3.63) is 42.7 Å². The van der Waals surface area contributed by atoms with E-state index in [2.05, 4.69) is 15.0 Å². The lowest BCUT2D eigenvalue weighted by Gasteiger charge is -2.33. The normalized spacial score (nSPS) is 20.7. The van der Waals surface area contributed by atoms with E-state index in [1.807, 2.05) is 23.2 Å². The van der Waals surface area contributed by atoms with Gasteiger partial charge in [0.05, 0.1) is 18.8 Å². The van der Waals surface area contributed by atoms with E-state index in [0.717, 1.165) is 29.2 Å². The summed E-state index contributed by atoms with van der Waals surface area (Å²) >= 11 is 0. The second-order valence-corrected chi connectivity index (χ2v) is 7.49. The molecular weight excluding hydrogens is 340 g/mol. The minimum Gasteiger partial charge on any atom is -0.368 e. The van der Waals surface area contributed by atoms with Crippen molar-refractivity contribution in [3.8, 4) is 11.1 Å². The van der Waals surface area contributed by atoms with Crippen molar-refractivity contribution in [3.63, 3.8) is 0 Å². The Morgan fingerprint density at radius 3 is 2.67 bits per heavy atom. The predicted molar refractivity (Wildman–Crippen MR) is 102 cm³/mol. The Kier molecular flexibility index (Phi) is 5.72. The minimum absolute atomic E-state index is 0.157. The number of hydrogen-bond donors (Lipinski definition) is 0. The summed E-state index contributed by atoms with van der Waals surface area (Å²) in [5.41, 5.74) is 2.77. The van der Waals surface area contributed by atoms with Crippen molar-refractivity contribution >= 4 is 5.91 Å². The number of ether oxygens (including phenoxy) is 1. The van der Waals surface area contributed by atoms with Crippen LogP contribution in [0.1, 0.15) is 50.3 Å². The van der Waals surface area contributed by atoms with Crippen molar-refractivity contribution in [1.29, 1.82) is 0 Å². The lowest BCUT2D eigenvalue weighted by atomic mass is 10.0. The Morgan fingerprint density at radius 1 is 1.11 bits per heavy atom. The van der Waals surface area contributed by atoms with Crippen LogP contribution in [0.4, 0.5) is 0 Å². The Morgan fingerprint density at radius 2 is 1.93 bits per heavy atom. The number of pyridine rings is 1. The third kappa shape index (κ3) is 4.50. The maximum atomic E-state index is 12.6. The Hall–Kier alpha value is -2.34. The third-order valence-electron chi connectivity index (χ3n) is 5.67. The first kappa shape index (κ1) is 18.0. The zero-order valence-electron chi connectivity index (χ0n) is 15.6. The van der Waals surface area contributed by atoms with Crippen molar-refractivity contribution in [2.75, 3.05) is 19.7 Å². The number of carbonyl (C=O) groups is 1. The molecule has 2 aliphatic rings. The topological polar surface area (TPSA) is 68.2 Å². The Bertz CT molecular complexity index is 745. The first-order chi connectivity index (χ1) is 13.3. The number of morpholine rings is 1. The largest absolute Gasteiger partial charge is 0.368 e. The van der Waals surface area contributed by atoms with Crippen LogP contribution in [-0.4, -0.2) is 45.5 Å². The number of carbonyl (C=O) groups excluding carboxylic acids is 1. The van der Waals surface area contributed by atoms with E-state index in [1.54, 1.807) is 12.4 Å². The highest BCUT2D eigenvalue weighted by Crippen LogP contribution is 2.29. The van der Waals surface area contributed by atoms with E-state index in [1.165, 1.54) is 32.0 Å². The first-order valence-corrected chi connectivity index (χ1v) is 9.90. The molecule has 0 spiro atoms. The second kappa shape index (κ2) is 8.57. The average molecular weight is 366 g/mol. The van der Waals surface area contributed by atoms with Gasteiger partial charge in [0.1, 0.15) is 12.4 Å². The second-order valence-electron chi connectivity index (χ2n) is 7.49. The summed E-state index contributed by atoms with van der Waals surface area (Å²) in [7, 11) is 0. The van der Waals surface area contributed by atoms with Gasteiger partial charge in [-0.25, -0.2) is 9.97 Å². The molecule has 1 amide bonds. The molecule has 2 aromatic heterocycles. The summed E-state index contributed by atoms with van der Waals surface area (Å²) in [6.07, 6.45) is 13.7. The lowest BCUT2D eigenvalue weighted by Crippen LogP contribution is -2.42. The smallest absolute Gasteiger partial charge is 0.222 e. The van der Waals surface area contributed by atoms with E-state index < -0.39 is 0 Å². The fraction of sp³-hybridized carbons (Fsp3) is 0.524. The summed E-state index contributed by atoms with van der Waals surface area (Å²) in [5, 5.41) is 0. The van der Waals surface area contributed by atoms with Gasteiger partial charge in [0.2, 0.25) is 5.91 Å². The van der Waals surface area contributed by atoms with E-state index in [-0.39, 0.29) is 12.0 Å². The van der Waals surface area contributed by atoms with E-state index in [0.29, 0.717) is 26.1 Å². The molecule has 2 fully saturated rings. The van der Waals surface area contributed by atoms with Crippen molar-refractivity contribution in [1.82, 2.24) is 19.9 Å². The fourth-order valence-corrected chi connectivity index (χ4v) is 4.05. The van der Waals surface area contributed by atoms with Crippen LogP contribution < -0.4 is 0 Å². The molecule has 1 atom stereocenters. The predicted octanol–water partition coefficient (Wildman–Crippen LogP) is 3.41. The van der Waals surface area contributed by atoms with E-state index in [9.17, 15) is 4.79 Å². The van der Waals surface area contributed by atoms with Gasteiger partial charge in [0, 0.05) is 42.7 Å². The zero-order chi connectivity index (χ0) is 18.5. The van der Waals surface area contributed by atoms with Crippen LogP contribution in [-0.2, 0) is 9.53 Å².